The average molecular weight is 260 g/mol. The van der Waals surface area contributed by atoms with Crippen LogP contribution < -0.4 is 5.32 Å². The molecule has 5 heteroatoms. The second-order valence-corrected chi connectivity index (χ2v) is 3.99. The Morgan fingerprint density at radius 2 is 1.78 bits per heavy atom. The van der Waals surface area contributed by atoms with Gasteiger partial charge in [0.2, 0.25) is 0 Å². The van der Waals surface area contributed by atoms with Crippen LogP contribution in [-0.4, -0.2) is 18.1 Å². The molecule has 0 bridgehead atoms. The smallest absolute Gasteiger partial charge is 0.317 e. The van der Waals surface area contributed by atoms with Gasteiger partial charge in [0, 0.05) is 17.8 Å². The van der Waals surface area contributed by atoms with Crippen LogP contribution in [0.2, 0.25) is 0 Å². The van der Waals surface area contributed by atoms with Gasteiger partial charge in [-0.25, -0.2) is 0 Å². The van der Waals surface area contributed by atoms with Crippen LogP contribution in [0.5, 0.6) is 0 Å². The number of pyridine rings is 1. The summed E-state index contributed by atoms with van der Waals surface area (Å²) in [4.78, 5) is 3.92. The number of nitrogens with zero attached hydrogens (tertiary/aromatic N) is 1. The van der Waals surface area contributed by atoms with Crippen LogP contribution in [0.4, 0.5) is 13.2 Å². The van der Waals surface area contributed by atoms with Crippen LogP contribution in [0.15, 0.2) is 18.3 Å². The number of piperidine rings is 1. The van der Waals surface area contributed by atoms with Crippen molar-refractivity contribution in [3.8, 4) is 0 Å². The molecule has 1 fully saturated rings. The van der Waals surface area contributed by atoms with Crippen LogP contribution in [0.1, 0.15) is 43.9 Å². The molecule has 2 rings (SSSR count). The lowest BCUT2D eigenvalue weighted by Crippen LogP contribution is -2.27. The van der Waals surface area contributed by atoms with E-state index in [-0.39, 0.29) is 0 Å². The third-order valence-electron chi connectivity index (χ3n) is 2.87. The second-order valence-electron chi connectivity index (χ2n) is 3.99. The highest BCUT2D eigenvalue weighted by Gasteiger charge is 2.31. The second kappa shape index (κ2) is 6.73. The van der Waals surface area contributed by atoms with Gasteiger partial charge in [-0.05, 0) is 38.1 Å². The first-order valence-electron chi connectivity index (χ1n) is 6.31. The predicted molar refractivity (Wildman–Crippen MR) is 65.4 cm³/mol. The molecule has 1 saturated heterocycles. The standard InChI is InChI=1S/C11H13F3N2.C2H6/c12-11(13,14)9-1-2-10(16-7-9)8-3-5-15-6-4-8;1-2/h1-2,7-8,15H,3-6H2;1-2H3. The Labute approximate surface area is 106 Å². The number of alkyl halides is 3. The number of hydrogen-bond acceptors (Lipinski definition) is 2. The molecule has 0 aliphatic carbocycles. The molecule has 2 nitrogen and oxygen atoms in total. The van der Waals surface area contributed by atoms with Crippen LogP contribution in [-0.2, 0) is 6.18 Å². The average Bonchev–Trinajstić information content (AvgIpc) is 2.41. The molecule has 0 aromatic carbocycles. The van der Waals surface area contributed by atoms with Crippen molar-refractivity contribution in [3.63, 3.8) is 0 Å². The number of aromatic nitrogens is 1. The monoisotopic (exact) mass is 260 g/mol. The Hall–Kier alpha value is -1.10. The van der Waals surface area contributed by atoms with E-state index >= 15 is 0 Å². The fraction of sp³-hybridized carbons (Fsp3) is 0.615. The van der Waals surface area contributed by atoms with E-state index in [4.69, 9.17) is 0 Å². The summed E-state index contributed by atoms with van der Waals surface area (Å²) >= 11 is 0. The van der Waals surface area contributed by atoms with Gasteiger partial charge in [0.1, 0.15) is 0 Å². The predicted octanol–water partition coefficient (Wildman–Crippen LogP) is 3.59. The van der Waals surface area contributed by atoms with E-state index in [0.29, 0.717) is 5.92 Å². The molecule has 1 aliphatic heterocycles. The van der Waals surface area contributed by atoms with Gasteiger partial charge in [-0.3, -0.25) is 4.98 Å². The van der Waals surface area contributed by atoms with E-state index in [1.165, 1.54) is 6.07 Å². The van der Waals surface area contributed by atoms with E-state index in [1.54, 1.807) is 0 Å². The van der Waals surface area contributed by atoms with E-state index in [9.17, 15) is 13.2 Å². The Morgan fingerprint density at radius 3 is 2.22 bits per heavy atom. The zero-order valence-electron chi connectivity index (χ0n) is 10.7. The molecule has 1 aromatic rings. The normalized spacial score (nSPS) is 16.9. The van der Waals surface area contributed by atoms with E-state index < -0.39 is 11.7 Å². The molecule has 1 aliphatic rings. The topological polar surface area (TPSA) is 24.9 Å². The van der Waals surface area contributed by atoms with Crippen molar-refractivity contribution < 1.29 is 13.2 Å². The summed E-state index contributed by atoms with van der Waals surface area (Å²) in [5.41, 5.74) is 0.0969. The Bertz CT molecular complexity index is 340. The first kappa shape index (κ1) is 15.0. The summed E-state index contributed by atoms with van der Waals surface area (Å²) in [6, 6.07) is 2.61. The third kappa shape index (κ3) is 3.98. The maximum absolute atomic E-state index is 12.3. The fourth-order valence-electron chi connectivity index (χ4n) is 1.93. The summed E-state index contributed by atoms with van der Waals surface area (Å²) in [5.74, 6) is 0.295. The largest absolute Gasteiger partial charge is 0.417 e. The highest BCUT2D eigenvalue weighted by molar-refractivity contribution is 5.19. The van der Waals surface area contributed by atoms with Crippen LogP contribution in [0.25, 0.3) is 0 Å². The van der Waals surface area contributed by atoms with Crippen molar-refractivity contribution in [1.82, 2.24) is 10.3 Å². The number of hydrogen-bond donors (Lipinski definition) is 1. The van der Waals surface area contributed by atoms with Crippen molar-refractivity contribution >= 4 is 0 Å². The molecule has 2 heterocycles. The van der Waals surface area contributed by atoms with Crippen LogP contribution in [0, 0.1) is 0 Å². The SMILES string of the molecule is CC.FC(F)(F)c1ccc(C2CCNCC2)nc1. The van der Waals surface area contributed by atoms with Crippen molar-refractivity contribution in [2.75, 3.05) is 13.1 Å². The summed E-state index contributed by atoms with van der Waals surface area (Å²) in [7, 11) is 0. The van der Waals surface area contributed by atoms with Gasteiger partial charge < -0.3 is 5.32 Å². The molecular weight excluding hydrogens is 241 g/mol. The molecule has 1 aromatic heterocycles. The molecule has 0 radical (unpaired) electrons. The van der Waals surface area contributed by atoms with Gasteiger partial charge in [-0.1, -0.05) is 13.8 Å². The number of rotatable bonds is 1. The molecule has 0 spiro atoms. The minimum Gasteiger partial charge on any atom is -0.317 e. The van der Waals surface area contributed by atoms with Crippen LogP contribution in [0.3, 0.4) is 0 Å². The maximum atomic E-state index is 12.3. The molecule has 0 atom stereocenters. The van der Waals surface area contributed by atoms with Crippen molar-refractivity contribution in [2.45, 2.75) is 38.8 Å². The van der Waals surface area contributed by atoms with Crippen molar-refractivity contribution in [2.24, 2.45) is 0 Å². The van der Waals surface area contributed by atoms with Gasteiger partial charge in [-0.2, -0.15) is 13.2 Å². The lowest BCUT2D eigenvalue weighted by Gasteiger charge is -2.22. The minimum atomic E-state index is -4.29. The fourth-order valence-corrected chi connectivity index (χ4v) is 1.93. The van der Waals surface area contributed by atoms with E-state index in [2.05, 4.69) is 10.3 Å². The lowest BCUT2D eigenvalue weighted by atomic mass is 9.94. The highest BCUT2D eigenvalue weighted by Crippen LogP contribution is 2.30. The van der Waals surface area contributed by atoms with Crippen molar-refractivity contribution in [3.05, 3.63) is 29.6 Å². The Balaban J connectivity index is 0.000000771. The first-order valence-corrected chi connectivity index (χ1v) is 6.31. The minimum absolute atomic E-state index is 0.295. The zero-order valence-corrected chi connectivity index (χ0v) is 10.7. The molecule has 0 saturated carbocycles. The van der Waals surface area contributed by atoms with E-state index in [0.717, 1.165) is 43.9 Å². The third-order valence-corrected chi connectivity index (χ3v) is 2.87. The Morgan fingerprint density at radius 1 is 1.17 bits per heavy atom. The molecule has 0 amide bonds. The van der Waals surface area contributed by atoms with Crippen LogP contribution >= 0.6 is 0 Å². The van der Waals surface area contributed by atoms with Gasteiger partial charge in [-0.15, -0.1) is 0 Å². The first-order chi connectivity index (χ1) is 8.57. The maximum Gasteiger partial charge on any atom is 0.417 e. The molecule has 0 unspecified atom stereocenters. The van der Waals surface area contributed by atoms with Gasteiger partial charge in [0.15, 0.2) is 0 Å². The quantitative estimate of drug-likeness (QED) is 0.834. The summed E-state index contributed by atoms with van der Waals surface area (Å²) < 4.78 is 36.9. The Kier molecular flexibility index (Phi) is 5.59. The van der Waals surface area contributed by atoms with E-state index in [1.807, 2.05) is 13.8 Å². The zero-order chi connectivity index (χ0) is 13.6. The molecule has 1 N–H and O–H groups in total. The summed E-state index contributed by atoms with van der Waals surface area (Å²) in [5, 5.41) is 3.21. The van der Waals surface area contributed by atoms with Gasteiger partial charge in [0.25, 0.3) is 0 Å². The van der Waals surface area contributed by atoms with Gasteiger partial charge in [0.05, 0.1) is 5.56 Å². The molecule has 18 heavy (non-hydrogen) atoms. The lowest BCUT2D eigenvalue weighted by molar-refractivity contribution is -0.137. The number of halogens is 3. The van der Waals surface area contributed by atoms with Crippen molar-refractivity contribution in [1.29, 1.82) is 0 Å². The summed E-state index contributed by atoms with van der Waals surface area (Å²) in [6.45, 7) is 5.82. The highest BCUT2D eigenvalue weighted by atomic mass is 19.4. The molecule has 102 valence electrons. The summed E-state index contributed by atoms with van der Waals surface area (Å²) in [6.07, 6.45) is -1.48. The van der Waals surface area contributed by atoms with Gasteiger partial charge >= 0.3 is 6.18 Å². The number of nitrogens with one attached hydrogen (secondary N) is 1. The molecular formula is C13H19F3N2.